The van der Waals surface area contributed by atoms with Crippen molar-refractivity contribution in [2.75, 3.05) is 11.6 Å². The molecule has 0 spiro atoms. The Labute approximate surface area is 136 Å². The summed E-state index contributed by atoms with van der Waals surface area (Å²) in [4.78, 5) is 28.7. The number of carbonyl (C=O) groups is 1. The summed E-state index contributed by atoms with van der Waals surface area (Å²) in [6.45, 7) is 0. The van der Waals surface area contributed by atoms with Crippen molar-refractivity contribution < 1.29 is 4.79 Å². The molecule has 0 unspecified atom stereocenters. The molecule has 2 heterocycles. The average molecular weight is 336 g/mol. The van der Waals surface area contributed by atoms with Crippen LogP contribution in [0.25, 0.3) is 0 Å². The number of amides is 1. The van der Waals surface area contributed by atoms with Crippen LogP contribution in [-0.4, -0.2) is 21.7 Å². The minimum absolute atomic E-state index is 0.134. The van der Waals surface area contributed by atoms with Crippen molar-refractivity contribution in [2.24, 2.45) is 7.05 Å². The van der Waals surface area contributed by atoms with Crippen molar-refractivity contribution in [1.82, 2.24) is 9.55 Å². The molecule has 0 bridgehead atoms. The zero-order valence-electron chi connectivity index (χ0n) is 12.1. The minimum atomic E-state index is -0.375. The number of nitrogens with one attached hydrogen (secondary N) is 1. The van der Waals surface area contributed by atoms with Crippen LogP contribution in [0.2, 0.25) is 5.02 Å². The van der Waals surface area contributed by atoms with Gasteiger partial charge in [-0.2, -0.15) is 4.98 Å². The molecule has 5 nitrogen and oxygen atoms in total. The van der Waals surface area contributed by atoms with E-state index >= 15 is 0 Å². The van der Waals surface area contributed by atoms with E-state index in [1.165, 1.54) is 11.8 Å². The fourth-order valence-electron chi connectivity index (χ4n) is 2.74. The summed E-state index contributed by atoms with van der Waals surface area (Å²) in [5.41, 5.74) is 0.950. The van der Waals surface area contributed by atoms with E-state index in [1.54, 1.807) is 17.7 Å². The average Bonchev–Trinajstić information content (AvgIpc) is 2.50. The van der Waals surface area contributed by atoms with Gasteiger partial charge < -0.3 is 9.88 Å². The van der Waals surface area contributed by atoms with Crippen molar-refractivity contribution in [1.29, 1.82) is 0 Å². The van der Waals surface area contributed by atoms with Gasteiger partial charge in [0.15, 0.2) is 5.16 Å². The van der Waals surface area contributed by atoms with E-state index in [0.717, 1.165) is 5.56 Å². The molecule has 22 heavy (non-hydrogen) atoms. The second-order valence-electron chi connectivity index (χ2n) is 5.05. The third kappa shape index (κ3) is 2.42. The van der Waals surface area contributed by atoms with Crippen molar-refractivity contribution in [2.45, 2.75) is 17.5 Å². The van der Waals surface area contributed by atoms with Crippen LogP contribution < -0.4 is 10.9 Å². The molecule has 2 aromatic rings. The molecule has 7 heteroatoms. The fraction of sp³-hybridized carbons (Fsp3) is 0.267. The molecule has 0 saturated carbocycles. The molecule has 1 aromatic carbocycles. The number of benzene rings is 1. The highest BCUT2D eigenvalue weighted by Crippen LogP contribution is 2.38. The second kappa shape index (κ2) is 5.78. The number of thioether (sulfide) groups is 1. The highest BCUT2D eigenvalue weighted by atomic mass is 35.5. The highest BCUT2D eigenvalue weighted by Gasteiger charge is 2.32. The Morgan fingerprint density at radius 3 is 2.77 bits per heavy atom. The lowest BCUT2D eigenvalue weighted by molar-refractivity contribution is -0.116. The first-order valence-corrected chi connectivity index (χ1v) is 8.32. The zero-order chi connectivity index (χ0) is 15.9. The van der Waals surface area contributed by atoms with Crippen molar-refractivity contribution in [3.63, 3.8) is 0 Å². The first-order chi connectivity index (χ1) is 10.5. The molecule has 0 radical (unpaired) electrons. The Kier molecular flexibility index (Phi) is 3.97. The maximum atomic E-state index is 12.5. The largest absolute Gasteiger partial charge is 0.312 e. The van der Waals surface area contributed by atoms with E-state index in [1.807, 2.05) is 24.5 Å². The van der Waals surface area contributed by atoms with Gasteiger partial charge in [0.1, 0.15) is 5.82 Å². The number of aromatic nitrogens is 2. The van der Waals surface area contributed by atoms with Crippen LogP contribution >= 0.6 is 23.4 Å². The predicted octanol–water partition coefficient (Wildman–Crippen LogP) is 2.63. The van der Waals surface area contributed by atoms with Crippen molar-refractivity contribution in [3.8, 4) is 0 Å². The van der Waals surface area contributed by atoms with Crippen LogP contribution in [0, 0.1) is 0 Å². The summed E-state index contributed by atoms with van der Waals surface area (Å²) in [7, 11) is 1.78. The maximum Gasteiger partial charge on any atom is 0.279 e. The van der Waals surface area contributed by atoms with E-state index in [0.29, 0.717) is 21.6 Å². The highest BCUT2D eigenvalue weighted by molar-refractivity contribution is 7.98. The summed E-state index contributed by atoms with van der Waals surface area (Å²) in [5.74, 6) is -0.00394. The lowest BCUT2D eigenvalue weighted by Crippen LogP contribution is -2.33. The summed E-state index contributed by atoms with van der Waals surface area (Å²) < 4.78 is 1.74. The van der Waals surface area contributed by atoms with Gasteiger partial charge in [-0.3, -0.25) is 9.59 Å². The quantitative estimate of drug-likeness (QED) is 0.677. The number of hydrogen-bond donors (Lipinski definition) is 1. The molecule has 1 N–H and O–H groups in total. The summed E-state index contributed by atoms with van der Waals surface area (Å²) in [6.07, 6.45) is 2.02. The first kappa shape index (κ1) is 15.1. The Morgan fingerprint density at radius 2 is 2.09 bits per heavy atom. The number of carbonyl (C=O) groups excluding carboxylic acids is 1. The van der Waals surface area contributed by atoms with E-state index in [-0.39, 0.29) is 23.8 Å². The molecule has 0 fully saturated rings. The van der Waals surface area contributed by atoms with Crippen molar-refractivity contribution >= 4 is 35.1 Å². The topological polar surface area (TPSA) is 64.0 Å². The number of anilines is 1. The van der Waals surface area contributed by atoms with Gasteiger partial charge in [0.25, 0.3) is 5.56 Å². The molecule has 1 aliphatic rings. The van der Waals surface area contributed by atoms with Gasteiger partial charge in [-0.15, -0.1) is 0 Å². The lowest BCUT2D eigenvalue weighted by atomic mass is 9.87. The number of fused-ring (bicyclic) bond motifs is 1. The van der Waals surface area contributed by atoms with E-state index < -0.39 is 0 Å². The maximum absolute atomic E-state index is 12.5. The Balaban J connectivity index is 2.27. The molecule has 3 rings (SSSR count). The Bertz CT molecular complexity index is 819. The Hall–Kier alpha value is -1.79. The molecule has 1 aliphatic heterocycles. The lowest BCUT2D eigenvalue weighted by Gasteiger charge is -2.27. The summed E-state index contributed by atoms with van der Waals surface area (Å²) in [5, 5.41) is 3.90. The number of nitrogens with zero attached hydrogens (tertiary/aromatic N) is 2. The van der Waals surface area contributed by atoms with Gasteiger partial charge in [0, 0.05) is 24.4 Å². The molecule has 1 atom stereocenters. The molecule has 1 aromatic heterocycles. The summed E-state index contributed by atoms with van der Waals surface area (Å²) >= 11 is 7.62. The number of rotatable bonds is 2. The molecule has 114 valence electrons. The van der Waals surface area contributed by atoms with E-state index in [9.17, 15) is 9.59 Å². The Morgan fingerprint density at radius 1 is 1.36 bits per heavy atom. The van der Waals surface area contributed by atoms with Gasteiger partial charge in [-0.1, -0.05) is 41.6 Å². The van der Waals surface area contributed by atoms with Crippen LogP contribution in [0.3, 0.4) is 0 Å². The van der Waals surface area contributed by atoms with E-state index in [2.05, 4.69) is 10.3 Å². The fourth-order valence-corrected chi connectivity index (χ4v) is 3.55. The van der Waals surface area contributed by atoms with Crippen LogP contribution in [-0.2, 0) is 11.8 Å². The van der Waals surface area contributed by atoms with Crippen LogP contribution in [0.5, 0.6) is 0 Å². The first-order valence-electron chi connectivity index (χ1n) is 6.72. The SMILES string of the molecule is CSc1nc(=O)c2c(n1C)NC(=O)C[C@@H]2c1ccccc1Cl. The third-order valence-corrected chi connectivity index (χ3v) is 4.84. The molecular weight excluding hydrogens is 322 g/mol. The number of hydrogen-bond acceptors (Lipinski definition) is 4. The van der Waals surface area contributed by atoms with Crippen LogP contribution in [0.1, 0.15) is 23.5 Å². The van der Waals surface area contributed by atoms with Gasteiger partial charge in [-0.05, 0) is 17.9 Å². The molecule has 0 aliphatic carbocycles. The normalized spacial score (nSPS) is 17.0. The van der Waals surface area contributed by atoms with Gasteiger partial charge >= 0.3 is 0 Å². The standard InChI is InChI=1S/C15H14ClN3O2S/c1-19-13-12(14(21)18-15(19)22-2)9(7-11(20)17-13)8-5-3-4-6-10(8)16/h3-6,9H,7H2,1-2H3,(H,17,20)/t9-/m1/s1. The van der Waals surface area contributed by atoms with Gasteiger partial charge in [-0.25, -0.2) is 0 Å². The summed E-state index contributed by atoms with van der Waals surface area (Å²) in [6, 6.07) is 7.28. The molecule has 1 amide bonds. The van der Waals surface area contributed by atoms with Crippen LogP contribution in [0.4, 0.5) is 5.82 Å². The van der Waals surface area contributed by atoms with E-state index in [4.69, 9.17) is 11.6 Å². The monoisotopic (exact) mass is 335 g/mol. The zero-order valence-corrected chi connectivity index (χ0v) is 13.7. The third-order valence-electron chi connectivity index (χ3n) is 3.76. The minimum Gasteiger partial charge on any atom is -0.312 e. The smallest absolute Gasteiger partial charge is 0.279 e. The predicted molar refractivity (Wildman–Crippen MR) is 87.8 cm³/mol. The van der Waals surface area contributed by atoms with Crippen LogP contribution in [0.15, 0.2) is 34.2 Å². The second-order valence-corrected chi connectivity index (χ2v) is 6.23. The molecule has 0 saturated heterocycles. The molecular formula is C15H14ClN3O2S. The van der Waals surface area contributed by atoms with Gasteiger partial charge in [0.05, 0.1) is 5.56 Å². The van der Waals surface area contributed by atoms with Gasteiger partial charge in [0.2, 0.25) is 5.91 Å². The van der Waals surface area contributed by atoms with Crippen molar-refractivity contribution in [3.05, 3.63) is 50.8 Å². The number of halogens is 1.